The number of rotatable bonds is 2. The number of ketones is 1. The molecular formula is C16H25N3OS. The topological polar surface area (TPSA) is 36.4 Å². The Hall–Kier alpha value is -0.940. The Bertz CT molecular complexity index is 542. The molecule has 0 aromatic carbocycles. The molecule has 0 spiro atoms. The van der Waals surface area contributed by atoms with Crippen LogP contribution in [0.15, 0.2) is 0 Å². The van der Waals surface area contributed by atoms with E-state index in [2.05, 4.69) is 37.7 Å². The number of piperidine rings is 1. The van der Waals surface area contributed by atoms with Crippen LogP contribution in [0.5, 0.6) is 0 Å². The van der Waals surface area contributed by atoms with Crippen molar-refractivity contribution in [3.63, 3.8) is 0 Å². The number of aromatic nitrogens is 1. The summed E-state index contributed by atoms with van der Waals surface area (Å²) >= 11 is 1.61. The number of Topliss-reactive ketones (excluding diaryl/α,β-unsaturated/α-hetero) is 1. The summed E-state index contributed by atoms with van der Waals surface area (Å²) in [4.78, 5) is 22.7. The minimum atomic E-state index is 0.0628. The van der Waals surface area contributed by atoms with E-state index >= 15 is 0 Å². The van der Waals surface area contributed by atoms with Gasteiger partial charge in [-0.1, -0.05) is 25.2 Å². The number of hydrogen-bond acceptors (Lipinski definition) is 5. The lowest BCUT2D eigenvalue weighted by Crippen LogP contribution is -2.41. The molecule has 0 atom stereocenters. The Balaban J connectivity index is 1.76. The quantitative estimate of drug-likeness (QED) is 0.842. The smallest absolute Gasteiger partial charge is 0.186 e. The molecule has 1 fully saturated rings. The van der Waals surface area contributed by atoms with Crippen LogP contribution in [0, 0.1) is 5.41 Å². The fourth-order valence-corrected chi connectivity index (χ4v) is 4.49. The third-order valence-corrected chi connectivity index (χ3v) is 5.89. The van der Waals surface area contributed by atoms with Crippen LogP contribution in [0.25, 0.3) is 0 Å². The average molecular weight is 307 g/mol. The van der Waals surface area contributed by atoms with E-state index in [9.17, 15) is 4.79 Å². The largest absolute Gasteiger partial charge is 0.348 e. The van der Waals surface area contributed by atoms with Crippen molar-refractivity contribution in [2.45, 2.75) is 45.6 Å². The van der Waals surface area contributed by atoms with Crippen molar-refractivity contribution >= 4 is 22.3 Å². The van der Waals surface area contributed by atoms with E-state index in [-0.39, 0.29) is 11.2 Å². The van der Waals surface area contributed by atoms with Gasteiger partial charge in [-0.3, -0.25) is 4.79 Å². The Morgan fingerprint density at radius 1 is 1.24 bits per heavy atom. The molecule has 116 valence electrons. The van der Waals surface area contributed by atoms with Crippen LogP contribution in [0.3, 0.4) is 0 Å². The van der Waals surface area contributed by atoms with Crippen LogP contribution in [-0.2, 0) is 6.42 Å². The first-order valence-electron chi connectivity index (χ1n) is 7.80. The average Bonchev–Trinajstić information content (AvgIpc) is 2.81. The first kappa shape index (κ1) is 15.0. The molecule has 0 bridgehead atoms. The van der Waals surface area contributed by atoms with Crippen molar-refractivity contribution in [1.82, 2.24) is 9.88 Å². The van der Waals surface area contributed by atoms with Gasteiger partial charge in [0.25, 0.3) is 0 Å². The van der Waals surface area contributed by atoms with Gasteiger partial charge in [-0.15, -0.1) is 0 Å². The van der Waals surface area contributed by atoms with Gasteiger partial charge in [0.2, 0.25) is 0 Å². The molecule has 0 N–H and O–H groups in total. The summed E-state index contributed by atoms with van der Waals surface area (Å²) in [5, 5.41) is 1.06. The minimum Gasteiger partial charge on any atom is -0.348 e. The summed E-state index contributed by atoms with van der Waals surface area (Å²) in [6.07, 6.45) is 3.94. The molecule has 0 saturated carbocycles. The number of hydrogen-bond donors (Lipinski definition) is 0. The van der Waals surface area contributed by atoms with Crippen molar-refractivity contribution in [3.8, 4) is 0 Å². The predicted molar refractivity (Wildman–Crippen MR) is 87.5 cm³/mol. The normalized spacial score (nSPS) is 22.7. The van der Waals surface area contributed by atoms with Crippen molar-refractivity contribution in [3.05, 3.63) is 10.6 Å². The molecule has 2 heterocycles. The van der Waals surface area contributed by atoms with Gasteiger partial charge in [-0.25, -0.2) is 4.98 Å². The third kappa shape index (κ3) is 2.99. The summed E-state index contributed by atoms with van der Waals surface area (Å²) in [5.41, 5.74) is 1.10. The molecule has 21 heavy (non-hydrogen) atoms. The maximum absolute atomic E-state index is 12.3. The van der Waals surface area contributed by atoms with E-state index in [4.69, 9.17) is 4.98 Å². The highest BCUT2D eigenvalue weighted by molar-refractivity contribution is 7.17. The monoisotopic (exact) mass is 307 g/mol. The third-order valence-electron chi connectivity index (χ3n) is 4.69. The molecule has 1 saturated heterocycles. The van der Waals surface area contributed by atoms with E-state index in [1.165, 1.54) is 12.8 Å². The summed E-state index contributed by atoms with van der Waals surface area (Å²) in [6.45, 7) is 6.42. The second-order valence-corrected chi connectivity index (χ2v) is 8.37. The van der Waals surface area contributed by atoms with E-state index in [0.717, 1.165) is 35.2 Å². The number of fused-ring (bicyclic) bond motifs is 1. The molecule has 0 unspecified atom stereocenters. The molecule has 1 aromatic heterocycles. The van der Waals surface area contributed by atoms with E-state index < -0.39 is 0 Å². The highest BCUT2D eigenvalue weighted by Gasteiger charge is 2.35. The highest BCUT2D eigenvalue weighted by atomic mass is 32.1. The standard InChI is InChI=1S/C16H25N3OS/c1-16(2)9-12-14(13(20)10-16)21-15(17-12)19-7-5-11(6-8-19)18(3)4/h11H,5-10H2,1-4H3. The molecule has 1 aliphatic heterocycles. The summed E-state index contributed by atoms with van der Waals surface area (Å²) in [5.74, 6) is 0.285. The second-order valence-electron chi connectivity index (χ2n) is 7.40. The Labute approximate surface area is 131 Å². The number of thiazole rings is 1. The molecule has 1 aromatic rings. The van der Waals surface area contributed by atoms with Crippen LogP contribution in [0.2, 0.25) is 0 Å². The van der Waals surface area contributed by atoms with Crippen LogP contribution in [-0.4, -0.2) is 48.9 Å². The van der Waals surface area contributed by atoms with Gasteiger partial charge in [0, 0.05) is 25.6 Å². The van der Waals surface area contributed by atoms with E-state index in [0.29, 0.717) is 12.5 Å². The molecular weight excluding hydrogens is 282 g/mol. The molecule has 0 amide bonds. The molecule has 3 rings (SSSR count). The lowest BCUT2D eigenvalue weighted by molar-refractivity contribution is 0.0916. The van der Waals surface area contributed by atoms with E-state index in [1.807, 2.05) is 0 Å². The van der Waals surface area contributed by atoms with Gasteiger partial charge in [0.05, 0.1) is 10.6 Å². The van der Waals surface area contributed by atoms with Crippen molar-refractivity contribution in [2.24, 2.45) is 5.41 Å². The van der Waals surface area contributed by atoms with Gasteiger partial charge in [-0.2, -0.15) is 0 Å². The van der Waals surface area contributed by atoms with Crippen LogP contribution >= 0.6 is 11.3 Å². The van der Waals surface area contributed by atoms with Gasteiger partial charge < -0.3 is 9.80 Å². The molecule has 2 aliphatic rings. The first-order valence-corrected chi connectivity index (χ1v) is 8.62. The van der Waals surface area contributed by atoms with Crippen molar-refractivity contribution < 1.29 is 4.79 Å². The van der Waals surface area contributed by atoms with Crippen molar-refractivity contribution in [2.75, 3.05) is 32.1 Å². The number of anilines is 1. The fourth-order valence-electron chi connectivity index (χ4n) is 3.42. The van der Waals surface area contributed by atoms with Crippen LogP contribution in [0.1, 0.15) is 48.5 Å². The highest BCUT2D eigenvalue weighted by Crippen LogP contribution is 2.39. The van der Waals surface area contributed by atoms with Gasteiger partial charge in [0.15, 0.2) is 10.9 Å². The van der Waals surface area contributed by atoms with E-state index in [1.54, 1.807) is 11.3 Å². The Kier molecular flexibility index (Phi) is 3.82. The second kappa shape index (κ2) is 5.36. The maximum Gasteiger partial charge on any atom is 0.186 e. The first-order chi connectivity index (χ1) is 9.85. The Morgan fingerprint density at radius 3 is 2.52 bits per heavy atom. The Morgan fingerprint density at radius 2 is 1.90 bits per heavy atom. The lowest BCUT2D eigenvalue weighted by atomic mass is 9.78. The summed E-state index contributed by atoms with van der Waals surface area (Å²) in [6, 6.07) is 0.677. The number of carbonyl (C=O) groups excluding carboxylic acids is 1. The predicted octanol–water partition coefficient (Wildman–Crippen LogP) is 2.83. The lowest BCUT2D eigenvalue weighted by Gasteiger charge is -2.35. The molecule has 4 nitrogen and oxygen atoms in total. The summed E-state index contributed by atoms with van der Waals surface area (Å²) < 4.78 is 0. The van der Waals surface area contributed by atoms with Gasteiger partial charge in [0.1, 0.15) is 0 Å². The summed E-state index contributed by atoms with van der Waals surface area (Å²) in [7, 11) is 4.31. The maximum atomic E-state index is 12.3. The number of nitrogens with zero attached hydrogens (tertiary/aromatic N) is 3. The van der Waals surface area contributed by atoms with Gasteiger partial charge in [-0.05, 0) is 38.8 Å². The number of carbonyl (C=O) groups is 1. The zero-order valence-electron chi connectivity index (χ0n) is 13.5. The van der Waals surface area contributed by atoms with Crippen LogP contribution in [0.4, 0.5) is 5.13 Å². The SMILES string of the molecule is CN(C)C1CCN(c2nc3c(s2)C(=O)CC(C)(C)C3)CC1. The molecule has 0 radical (unpaired) electrons. The van der Waals surface area contributed by atoms with Gasteiger partial charge >= 0.3 is 0 Å². The minimum absolute atomic E-state index is 0.0628. The molecule has 5 heteroatoms. The van der Waals surface area contributed by atoms with Crippen molar-refractivity contribution in [1.29, 1.82) is 0 Å². The van der Waals surface area contributed by atoms with Crippen LogP contribution < -0.4 is 4.90 Å². The fraction of sp³-hybridized carbons (Fsp3) is 0.750. The molecule has 1 aliphatic carbocycles. The zero-order valence-corrected chi connectivity index (χ0v) is 14.3. The zero-order chi connectivity index (χ0) is 15.2.